The van der Waals surface area contributed by atoms with Gasteiger partial charge in [-0.25, -0.2) is 4.79 Å². The average Bonchev–Trinajstić information content (AvgIpc) is 2.85. The second-order valence-corrected chi connectivity index (χ2v) is 7.01. The smallest absolute Gasteiger partial charge is 0.410 e. The molecule has 1 saturated heterocycles. The quantitative estimate of drug-likeness (QED) is 0.797. The molecule has 1 aromatic carbocycles. The van der Waals surface area contributed by atoms with Gasteiger partial charge >= 0.3 is 6.09 Å². The highest BCUT2D eigenvalue weighted by Gasteiger charge is 2.31. The first-order valence-corrected chi connectivity index (χ1v) is 7.92. The van der Waals surface area contributed by atoms with E-state index in [-0.39, 0.29) is 29.7 Å². The van der Waals surface area contributed by atoms with Crippen LogP contribution >= 0.6 is 0 Å². The maximum Gasteiger partial charge on any atom is 0.410 e. The number of nitrogens with zero attached hydrogens (tertiary/aromatic N) is 1. The zero-order chi connectivity index (χ0) is 17.2. The van der Waals surface area contributed by atoms with Crippen LogP contribution in [0.15, 0.2) is 18.2 Å². The Balaban J connectivity index is 1.94. The van der Waals surface area contributed by atoms with Gasteiger partial charge in [-0.15, -0.1) is 0 Å². The van der Waals surface area contributed by atoms with E-state index in [2.05, 4.69) is 5.32 Å². The maximum atomic E-state index is 12.1. The second-order valence-electron chi connectivity index (χ2n) is 7.01. The van der Waals surface area contributed by atoms with E-state index in [1.165, 1.54) is 0 Å². The van der Waals surface area contributed by atoms with Gasteiger partial charge in [-0.05, 0) is 46.2 Å². The number of phenols is 2. The fourth-order valence-corrected chi connectivity index (χ4v) is 2.81. The zero-order valence-corrected chi connectivity index (χ0v) is 14.2. The Labute approximate surface area is 137 Å². The van der Waals surface area contributed by atoms with Gasteiger partial charge in [-0.1, -0.05) is 6.07 Å². The number of likely N-dealkylation sites (tertiary alicyclic amines) is 1. The van der Waals surface area contributed by atoms with Crippen LogP contribution in [0.2, 0.25) is 0 Å². The summed E-state index contributed by atoms with van der Waals surface area (Å²) in [6.07, 6.45) is 0.498. The highest BCUT2D eigenvalue weighted by atomic mass is 16.6. The van der Waals surface area contributed by atoms with Crippen molar-refractivity contribution in [2.45, 2.75) is 51.8 Å². The summed E-state index contributed by atoms with van der Waals surface area (Å²) in [5.74, 6) is 0.124. The molecule has 0 spiro atoms. The Hall–Kier alpha value is -1.95. The van der Waals surface area contributed by atoms with Crippen molar-refractivity contribution in [3.63, 3.8) is 0 Å². The minimum atomic E-state index is -0.502. The molecule has 128 valence electrons. The van der Waals surface area contributed by atoms with Crippen LogP contribution in [-0.2, 0) is 4.74 Å². The predicted octanol–water partition coefficient (Wildman–Crippen LogP) is 2.76. The molecule has 0 bridgehead atoms. The number of carbonyl (C=O) groups is 1. The Morgan fingerprint density at radius 2 is 1.96 bits per heavy atom. The molecule has 2 rings (SSSR count). The molecular formula is C17H26N2O4. The van der Waals surface area contributed by atoms with Crippen molar-refractivity contribution < 1.29 is 19.7 Å². The van der Waals surface area contributed by atoms with E-state index in [0.717, 1.165) is 6.42 Å². The van der Waals surface area contributed by atoms with Crippen LogP contribution in [0, 0.1) is 0 Å². The van der Waals surface area contributed by atoms with Crippen LogP contribution in [-0.4, -0.2) is 45.9 Å². The minimum absolute atomic E-state index is 0.0620. The lowest BCUT2D eigenvalue weighted by molar-refractivity contribution is 0.0290. The third-order valence-corrected chi connectivity index (χ3v) is 3.82. The molecule has 1 fully saturated rings. The molecule has 6 nitrogen and oxygen atoms in total. The van der Waals surface area contributed by atoms with Crippen molar-refractivity contribution in [3.05, 3.63) is 23.8 Å². The Bertz CT molecular complexity index is 548. The number of nitrogens with one attached hydrogen (secondary N) is 1. The highest BCUT2D eigenvalue weighted by molar-refractivity contribution is 5.68. The molecule has 1 amide bonds. The van der Waals surface area contributed by atoms with Crippen LogP contribution in [0.4, 0.5) is 4.79 Å². The lowest BCUT2D eigenvalue weighted by atomic mass is 10.0. The van der Waals surface area contributed by atoms with Gasteiger partial charge in [0.1, 0.15) is 17.1 Å². The van der Waals surface area contributed by atoms with E-state index in [1.54, 1.807) is 23.1 Å². The van der Waals surface area contributed by atoms with E-state index in [0.29, 0.717) is 18.7 Å². The molecule has 1 aromatic rings. The van der Waals surface area contributed by atoms with Crippen molar-refractivity contribution in [1.82, 2.24) is 10.2 Å². The summed E-state index contributed by atoms with van der Waals surface area (Å²) >= 11 is 0. The van der Waals surface area contributed by atoms with Gasteiger partial charge in [-0.3, -0.25) is 0 Å². The Morgan fingerprint density at radius 3 is 2.52 bits per heavy atom. The molecule has 0 aliphatic carbocycles. The van der Waals surface area contributed by atoms with Crippen LogP contribution < -0.4 is 5.32 Å². The summed E-state index contributed by atoms with van der Waals surface area (Å²) in [5.41, 5.74) is -0.0273. The van der Waals surface area contributed by atoms with Crippen molar-refractivity contribution >= 4 is 6.09 Å². The Morgan fingerprint density at radius 1 is 1.35 bits per heavy atom. The molecule has 0 aromatic heterocycles. The van der Waals surface area contributed by atoms with Gasteiger partial charge in [0.2, 0.25) is 0 Å². The monoisotopic (exact) mass is 322 g/mol. The number of amides is 1. The van der Waals surface area contributed by atoms with E-state index in [9.17, 15) is 15.0 Å². The summed E-state index contributed by atoms with van der Waals surface area (Å²) in [7, 11) is 0. The van der Waals surface area contributed by atoms with Crippen molar-refractivity contribution in [3.8, 4) is 11.5 Å². The topological polar surface area (TPSA) is 82.0 Å². The fourth-order valence-electron chi connectivity index (χ4n) is 2.81. The molecule has 0 radical (unpaired) electrons. The first-order chi connectivity index (χ1) is 10.7. The molecule has 3 N–H and O–H groups in total. The highest BCUT2D eigenvalue weighted by Crippen LogP contribution is 2.32. The third kappa shape index (κ3) is 4.51. The van der Waals surface area contributed by atoms with E-state index in [4.69, 9.17) is 4.74 Å². The first-order valence-electron chi connectivity index (χ1n) is 7.92. The van der Waals surface area contributed by atoms with Crippen LogP contribution in [0.5, 0.6) is 11.5 Å². The van der Waals surface area contributed by atoms with Gasteiger partial charge < -0.3 is 25.2 Å². The zero-order valence-electron chi connectivity index (χ0n) is 14.2. The number of ether oxygens (including phenoxy) is 1. The lowest BCUT2D eigenvalue weighted by Gasteiger charge is -2.25. The Kier molecular flexibility index (Phi) is 5.04. The van der Waals surface area contributed by atoms with Gasteiger partial charge in [-0.2, -0.15) is 0 Å². The third-order valence-electron chi connectivity index (χ3n) is 3.82. The summed E-state index contributed by atoms with van der Waals surface area (Å²) in [4.78, 5) is 13.7. The minimum Gasteiger partial charge on any atom is -0.507 e. The van der Waals surface area contributed by atoms with Crippen molar-refractivity contribution in [2.75, 3.05) is 13.1 Å². The predicted molar refractivity (Wildman–Crippen MR) is 87.5 cm³/mol. The van der Waals surface area contributed by atoms with Gasteiger partial charge in [0.15, 0.2) is 0 Å². The standard InChI is InChI=1S/C17H26N2O4/c1-11(15-13(20)6-5-7-14(15)21)18-12-8-9-19(10-12)16(22)23-17(2,3)4/h5-7,11-12,18,20-21H,8-10H2,1-4H3. The largest absolute Gasteiger partial charge is 0.507 e. The molecular weight excluding hydrogens is 296 g/mol. The van der Waals surface area contributed by atoms with E-state index < -0.39 is 5.60 Å². The molecule has 1 aliphatic heterocycles. The number of phenolic OH excluding ortho intramolecular Hbond substituents is 2. The fraction of sp³-hybridized carbons (Fsp3) is 0.588. The molecule has 0 saturated carbocycles. The number of hydrogen-bond donors (Lipinski definition) is 3. The summed E-state index contributed by atoms with van der Waals surface area (Å²) in [6, 6.07) is 4.57. The average molecular weight is 322 g/mol. The number of carbonyl (C=O) groups excluding carboxylic acids is 1. The molecule has 1 aliphatic rings. The van der Waals surface area contributed by atoms with Crippen LogP contribution in [0.1, 0.15) is 45.7 Å². The summed E-state index contributed by atoms with van der Waals surface area (Å²) < 4.78 is 5.38. The molecule has 2 unspecified atom stereocenters. The number of benzene rings is 1. The number of hydrogen-bond acceptors (Lipinski definition) is 5. The second kappa shape index (κ2) is 6.66. The molecule has 23 heavy (non-hydrogen) atoms. The molecule has 6 heteroatoms. The molecule has 2 atom stereocenters. The molecule has 1 heterocycles. The normalized spacial score (nSPS) is 19.7. The first kappa shape index (κ1) is 17.4. The lowest BCUT2D eigenvalue weighted by Crippen LogP contribution is -2.39. The number of aromatic hydroxyl groups is 2. The van der Waals surface area contributed by atoms with E-state index >= 15 is 0 Å². The maximum absolute atomic E-state index is 12.1. The van der Waals surface area contributed by atoms with Crippen LogP contribution in [0.25, 0.3) is 0 Å². The van der Waals surface area contributed by atoms with Crippen molar-refractivity contribution in [1.29, 1.82) is 0 Å². The van der Waals surface area contributed by atoms with Gasteiger partial charge in [0.25, 0.3) is 0 Å². The summed E-state index contributed by atoms with van der Waals surface area (Å²) in [6.45, 7) is 8.60. The van der Waals surface area contributed by atoms with Crippen LogP contribution in [0.3, 0.4) is 0 Å². The number of rotatable bonds is 3. The SMILES string of the molecule is CC(NC1CCN(C(=O)OC(C)(C)C)C1)c1c(O)cccc1O. The summed E-state index contributed by atoms with van der Waals surface area (Å²) in [5, 5.41) is 23.2. The van der Waals surface area contributed by atoms with Crippen molar-refractivity contribution in [2.24, 2.45) is 0 Å². The van der Waals surface area contributed by atoms with Gasteiger partial charge in [0, 0.05) is 25.2 Å². The van der Waals surface area contributed by atoms with Gasteiger partial charge in [0.05, 0.1) is 5.56 Å². The van der Waals surface area contributed by atoms with E-state index in [1.807, 2.05) is 27.7 Å².